The van der Waals surface area contributed by atoms with Crippen molar-refractivity contribution in [1.29, 1.82) is 10.7 Å². The van der Waals surface area contributed by atoms with Gasteiger partial charge < -0.3 is 14.6 Å². The molecule has 3 rings (SSSR count). The molecule has 0 fully saturated rings. The fraction of sp³-hybridized carbons (Fsp3) is 0.368. The molecular weight excluding hydrogens is 320 g/mol. The van der Waals surface area contributed by atoms with Crippen LogP contribution in [-0.4, -0.2) is 24.1 Å². The summed E-state index contributed by atoms with van der Waals surface area (Å²) in [4.78, 5) is 23.8. The van der Waals surface area contributed by atoms with Crippen molar-refractivity contribution in [2.75, 3.05) is 6.61 Å². The van der Waals surface area contributed by atoms with Crippen LogP contribution < -0.4 is 0 Å². The average Bonchev–Trinajstić information content (AvgIpc) is 3.18. The van der Waals surface area contributed by atoms with Crippen molar-refractivity contribution >= 4 is 28.4 Å². The lowest BCUT2D eigenvalue weighted by molar-refractivity contribution is -0.147. The second-order valence-corrected chi connectivity index (χ2v) is 6.28. The van der Waals surface area contributed by atoms with E-state index >= 15 is 0 Å². The molecule has 25 heavy (non-hydrogen) atoms. The van der Waals surface area contributed by atoms with Crippen molar-refractivity contribution in [3.63, 3.8) is 0 Å². The molecule has 0 amide bonds. The lowest BCUT2D eigenvalue weighted by atomic mass is 10.0. The molecule has 1 aliphatic carbocycles. The Morgan fingerprint density at radius 3 is 2.76 bits per heavy atom. The van der Waals surface area contributed by atoms with Gasteiger partial charge in [0.1, 0.15) is 11.5 Å². The lowest BCUT2D eigenvalue weighted by Crippen LogP contribution is -2.25. The van der Waals surface area contributed by atoms with Gasteiger partial charge in [-0.3, -0.25) is 9.59 Å². The molecule has 0 aliphatic heterocycles. The smallest absolute Gasteiger partial charge is 0.310 e. The first-order valence-corrected chi connectivity index (χ1v) is 8.14. The molecule has 0 saturated carbocycles. The highest BCUT2D eigenvalue weighted by Crippen LogP contribution is 2.30. The minimum absolute atomic E-state index is 0.000141. The summed E-state index contributed by atoms with van der Waals surface area (Å²) >= 11 is 0. The number of ketones is 1. The van der Waals surface area contributed by atoms with Crippen LogP contribution in [0.1, 0.15) is 30.0 Å². The van der Waals surface area contributed by atoms with E-state index in [1.807, 2.05) is 6.07 Å². The van der Waals surface area contributed by atoms with Crippen LogP contribution in [0.4, 0.5) is 0 Å². The van der Waals surface area contributed by atoms with Crippen LogP contribution in [0.3, 0.4) is 0 Å². The van der Waals surface area contributed by atoms with E-state index in [-0.39, 0.29) is 12.1 Å². The van der Waals surface area contributed by atoms with Gasteiger partial charge >= 0.3 is 5.97 Å². The summed E-state index contributed by atoms with van der Waals surface area (Å²) in [5.41, 5.74) is 4.01. The molecule has 0 bridgehead atoms. The van der Waals surface area contributed by atoms with Gasteiger partial charge in [0.25, 0.3) is 0 Å². The van der Waals surface area contributed by atoms with E-state index in [1.54, 1.807) is 12.3 Å². The first-order valence-electron chi connectivity index (χ1n) is 8.14. The zero-order valence-corrected chi connectivity index (χ0v) is 13.9. The Hall–Kier alpha value is -2.94. The number of nitrogens with one attached hydrogen (secondary N) is 1. The third-order valence-corrected chi connectivity index (χ3v) is 4.46. The largest absolute Gasteiger partial charge is 0.464 e. The SMILES string of the molecule is CC(=N)C(C#N)C(=O)COC(=O)Cc1coc2cc3c(cc12)CCC3. The highest BCUT2D eigenvalue weighted by Gasteiger charge is 2.22. The van der Waals surface area contributed by atoms with Gasteiger partial charge in [0.15, 0.2) is 12.4 Å². The van der Waals surface area contributed by atoms with Crippen LogP contribution in [-0.2, 0) is 33.6 Å². The van der Waals surface area contributed by atoms with Crippen molar-refractivity contribution in [2.45, 2.75) is 32.6 Å². The zero-order valence-electron chi connectivity index (χ0n) is 13.9. The molecule has 0 saturated heterocycles. The van der Waals surface area contributed by atoms with E-state index in [2.05, 4.69) is 6.07 Å². The Morgan fingerprint density at radius 2 is 2.08 bits per heavy atom. The van der Waals surface area contributed by atoms with Crippen LogP contribution in [0.2, 0.25) is 0 Å². The predicted molar refractivity (Wildman–Crippen MR) is 90.4 cm³/mol. The van der Waals surface area contributed by atoms with Gasteiger partial charge in [0.2, 0.25) is 0 Å². The van der Waals surface area contributed by atoms with E-state index in [1.165, 1.54) is 18.1 Å². The van der Waals surface area contributed by atoms with Crippen LogP contribution in [0, 0.1) is 22.7 Å². The van der Waals surface area contributed by atoms with Crippen molar-refractivity contribution in [3.8, 4) is 6.07 Å². The number of hydrogen-bond acceptors (Lipinski definition) is 6. The molecule has 6 heteroatoms. The summed E-state index contributed by atoms with van der Waals surface area (Å²) in [6.07, 6.45) is 4.77. The second-order valence-electron chi connectivity index (χ2n) is 6.28. The lowest BCUT2D eigenvalue weighted by Gasteiger charge is -2.07. The highest BCUT2D eigenvalue weighted by atomic mass is 16.5. The first-order chi connectivity index (χ1) is 12.0. The van der Waals surface area contributed by atoms with Crippen molar-refractivity contribution in [2.24, 2.45) is 5.92 Å². The quantitative estimate of drug-likeness (QED) is 0.644. The fourth-order valence-electron chi connectivity index (χ4n) is 3.14. The Balaban J connectivity index is 1.66. The van der Waals surface area contributed by atoms with Crippen LogP contribution in [0.15, 0.2) is 22.8 Å². The van der Waals surface area contributed by atoms with Gasteiger partial charge in [-0.05, 0) is 49.4 Å². The number of furan rings is 1. The van der Waals surface area contributed by atoms with Gasteiger partial charge in [-0.2, -0.15) is 5.26 Å². The summed E-state index contributed by atoms with van der Waals surface area (Å²) in [6, 6.07) is 5.83. The van der Waals surface area contributed by atoms with Crippen LogP contribution in [0.25, 0.3) is 11.0 Å². The topological polar surface area (TPSA) is 104 Å². The number of ether oxygens (including phenoxy) is 1. The van der Waals surface area contributed by atoms with Gasteiger partial charge in [-0.1, -0.05) is 0 Å². The number of benzene rings is 1. The molecule has 0 radical (unpaired) electrons. The molecule has 1 atom stereocenters. The third kappa shape index (κ3) is 3.45. The number of rotatable bonds is 6. The van der Waals surface area contributed by atoms with Crippen LogP contribution >= 0.6 is 0 Å². The molecule has 1 aromatic heterocycles. The Bertz CT molecular complexity index is 904. The average molecular weight is 338 g/mol. The molecule has 128 valence electrons. The molecule has 1 heterocycles. The van der Waals surface area contributed by atoms with E-state index < -0.39 is 24.3 Å². The molecule has 1 unspecified atom stereocenters. The summed E-state index contributed by atoms with van der Waals surface area (Å²) in [5.74, 6) is -2.31. The molecule has 1 N–H and O–H groups in total. The van der Waals surface area contributed by atoms with Gasteiger partial charge in [-0.15, -0.1) is 0 Å². The maximum Gasteiger partial charge on any atom is 0.310 e. The molecular formula is C19H18N2O4. The van der Waals surface area contributed by atoms with Crippen LogP contribution in [0.5, 0.6) is 0 Å². The van der Waals surface area contributed by atoms with Crippen molar-refractivity contribution < 1.29 is 18.7 Å². The van der Waals surface area contributed by atoms with Gasteiger partial charge in [-0.25, -0.2) is 0 Å². The third-order valence-electron chi connectivity index (χ3n) is 4.46. The van der Waals surface area contributed by atoms with E-state index in [4.69, 9.17) is 19.8 Å². The zero-order chi connectivity index (χ0) is 18.0. The maximum absolute atomic E-state index is 12.0. The normalized spacial score (nSPS) is 13.9. The van der Waals surface area contributed by atoms with E-state index in [0.717, 1.165) is 35.8 Å². The maximum atomic E-state index is 12.0. The number of Topliss-reactive ketones (excluding diaryl/α,β-unsaturated/α-hetero) is 1. The summed E-state index contributed by atoms with van der Waals surface area (Å²) in [7, 11) is 0. The standard InChI is InChI=1S/C19H18N2O4/c1-11(21)16(8-20)17(22)10-25-19(23)7-14-9-24-18-6-13-4-2-3-12(13)5-15(14)18/h5-6,9,16,21H,2-4,7,10H2,1H3. The number of carbonyl (C=O) groups is 2. The summed E-state index contributed by atoms with van der Waals surface area (Å²) in [5, 5.41) is 17.1. The van der Waals surface area contributed by atoms with Gasteiger partial charge in [0.05, 0.1) is 18.8 Å². The number of fused-ring (bicyclic) bond motifs is 2. The molecule has 0 spiro atoms. The van der Waals surface area contributed by atoms with Crippen molar-refractivity contribution in [3.05, 3.63) is 35.1 Å². The summed E-state index contributed by atoms with van der Waals surface area (Å²) < 4.78 is 10.5. The highest BCUT2D eigenvalue weighted by molar-refractivity contribution is 6.06. The number of esters is 1. The molecule has 6 nitrogen and oxygen atoms in total. The molecule has 2 aromatic rings. The first kappa shape index (κ1) is 16.9. The number of nitriles is 1. The minimum Gasteiger partial charge on any atom is -0.464 e. The number of carbonyl (C=O) groups excluding carboxylic acids is 2. The fourth-order valence-corrected chi connectivity index (χ4v) is 3.14. The summed E-state index contributed by atoms with van der Waals surface area (Å²) in [6.45, 7) is 0.877. The minimum atomic E-state index is -1.16. The number of nitrogens with zero attached hydrogens (tertiary/aromatic N) is 1. The Kier molecular flexibility index (Phi) is 4.66. The monoisotopic (exact) mass is 338 g/mol. The molecule has 1 aliphatic rings. The Morgan fingerprint density at radius 1 is 1.36 bits per heavy atom. The van der Waals surface area contributed by atoms with Gasteiger partial charge in [0, 0.05) is 16.7 Å². The Labute approximate surface area is 144 Å². The number of hydrogen-bond donors (Lipinski definition) is 1. The van der Waals surface area contributed by atoms with Crippen molar-refractivity contribution in [1.82, 2.24) is 0 Å². The van der Waals surface area contributed by atoms with E-state index in [9.17, 15) is 9.59 Å². The number of aryl methyl sites for hydroxylation is 2. The molecule has 1 aromatic carbocycles. The second kappa shape index (κ2) is 6.89. The van der Waals surface area contributed by atoms with E-state index in [0.29, 0.717) is 0 Å². The predicted octanol–water partition coefficient (Wildman–Crippen LogP) is 2.76.